The molecule has 0 radical (unpaired) electrons. The summed E-state index contributed by atoms with van der Waals surface area (Å²) < 4.78 is 5.84. The smallest absolute Gasteiger partial charge is 0.320 e. The number of carboxylic acids is 1. The second-order valence-electron chi connectivity index (χ2n) is 4.86. The van der Waals surface area contributed by atoms with Gasteiger partial charge in [-0.1, -0.05) is 30.1 Å². The monoisotopic (exact) mass is 353 g/mol. The van der Waals surface area contributed by atoms with E-state index in [9.17, 15) is 4.79 Å². The third-order valence-electron chi connectivity index (χ3n) is 3.48. The number of rotatable bonds is 5. The topological polar surface area (TPSA) is 49.8 Å². The third-order valence-corrected chi connectivity index (χ3v) is 4.22. The molecule has 0 aliphatic carbocycles. The second-order valence-corrected chi connectivity index (χ2v) is 5.68. The van der Waals surface area contributed by atoms with Gasteiger partial charge in [0.25, 0.3) is 0 Å². The predicted molar refractivity (Wildman–Crippen MR) is 86.0 cm³/mol. The predicted octanol–water partition coefficient (Wildman–Crippen LogP) is 3.73. The Balaban J connectivity index is 0.00000220. The molecule has 1 aliphatic heterocycles. The Morgan fingerprint density at radius 2 is 2.19 bits per heavy atom. The van der Waals surface area contributed by atoms with E-state index in [1.165, 1.54) is 0 Å². The van der Waals surface area contributed by atoms with Crippen LogP contribution in [0.25, 0.3) is 0 Å². The van der Waals surface area contributed by atoms with E-state index in [4.69, 9.17) is 33.0 Å². The molecule has 0 spiro atoms. The molecule has 1 saturated heterocycles. The van der Waals surface area contributed by atoms with Gasteiger partial charge in [0.1, 0.15) is 17.9 Å². The molecular formula is C14H18Cl3NO3. The molecular weight excluding hydrogens is 337 g/mol. The van der Waals surface area contributed by atoms with Crippen LogP contribution in [0, 0.1) is 0 Å². The van der Waals surface area contributed by atoms with Crippen LogP contribution in [-0.4, -0.2) is 41.2 Å². The molecule has 21 heavy (non-hydrogen) atoms. The Kier molecular flexibility index (Phi) is 7.07. The summed E-state index contributed by atoms with van der Waals surface area (Å²) >= 11 is 11.8. The standard InChI is InChI=1S/C14H17Cl2NO3.ClH/c1-2-13(14(18)19)17-6-5-10(8-17)20-9-3-4-11(15)12(16)7-9;/h3-4,7,10,13H,2,5-6,8H2,1H3,(H,18,19);1H. The molecule has 0 bridgehead atoms. The van der Waals surface area contributed by atoms with Gasteiger partial charge < -0.3 is 9.84 Å². The highest BCUT2D eigenvalue weighted by Crippen LogP contribution is 2.28. The number of hydrogen-bond donors (Lipinski definition) is 1. The van der Waals surface area contributed by atoms with Gasteiger partial charge in [0, 0.05) is 19.2 Å². The molecule has 0 amide bonds. The minimum absolute atomic E-state index is 0. The fraction of sp³-hybridized carbons (Fsp3) is 0.500. The van der Waals surface area contributed by atoms with Gasteiger partial charge >= 0.3 is 5.97 Å². The van der Waals surface area contributed by atoms with Gasteiger partial charge in [-0.25, -0.2) is 0 Å². The Morgan fingerprint density at radius 1 is 1.48 bits per heavy atom. The van der Waals surface area contributed by atoms with Crippen molar-refractivity contribution in [1.82, 2.24) is 4.90 Å². The number of likely N-dealkylation sites (tertiary alicyclic amines) is 1. The van der Waals surface area contributed by atoms with Crippen LogP contribution >= 0.6 is 35.6 Å². The van der Waals surface area contributed by atoms with Gasteiger partial charge in [0.2, 0.25) is 0 Å². The van der Waals surface area contributed by atoms with Crippen LogP contribution in [0.15, 0.2) is 18.2 Å². The van der Waals surface area contributed by atoms with Crippen LogP contribution in [0.4, 0.5) is 0 Å². The maximum atomic E-state index is 11.2. The van der Waals surface area contributed by atoms with Crippen LogP contribution in [0.2, 0.25) is 10.0 Å². The van der Waals surface area contributed by atoms with Crippen molar-refractivity contribution in [3.8, 4) is 5.75 Å². The van der Waals surface area contributed by atoms with Crippen molar-refractivity contribution in [3.05, 3.63) is 28.2 Å². The molecule has 1 heterocycles. The third kappa shape index (κ3) is 4.65. The van der Waals surface area contributed by atoms with Crippen LogP contribution in [0.3, 0.4) is 0 Å². The number of halogens is 3. The summed E-state index contributed by atoms with van der Waals surface area (Å²) in [6.45, 7) is 3.23. The van der Waals surface area contributed by atoms with Crippen molar-refractivity contribution in [2.75, 3.05) is 13.1 Å². The molecule has 1 aliphatic rings. The van der Waals surface area contributed by atoms with Gasteiger partial charge in [-0.3, -0.25) is 9.69 Å². The molecule has 0 saturated carbocycles. The first-order valence-electron chi connectivity index (χ1n) is 6.59. The lowest BCUT2D eigenvalue weighted by Crippen LogP contribution is -2.40. The number of ether oxygens (including phenoxy) is 1. The van der Waals surface area contributed by atoms with Crippen LogP contribution < -0.4 is 4.74 Å². The molecule has 1 aromatic carbocycles. The van der Waals surface area contributed by atoms with Gasteiger partial charge in [-0.05, 0) is 25.0 Å². The molecule has 1 fully saturated rings. The molecule has 2 atom stereocenters. The number of hydrogen-bond acceptors (Lipinski definition) is 3. The van der Waals surface area contributed by atoms with Crippen molar-refractivity contribution in [2.24, 2.45) is 0 Å². The highest BCUT2D eigenvalue weighted by Gasteiger charge is 2.32. The quantitative estimate of drug-likeness (QED) is 0.875. The summed E-state index contributed by atoms with van der Waals surface area (Å²) in [4.78, 5) is 13.1. The lowest BCUT2D eigenvalue weighted by Gasteiger charge is -2.22. The van der Waals surface area contributed by atoms with Gasteiger partial charge in [-0.15, -0.1) is 12.4 Å². The summed E-state index contributed by atoms with van der Waals surface area (Å²) in [5.74, 6) is -0.114. The summed E-state index contributed by atoms with van der Waals surface area (Å²) in [6.07, 6.45) is 1.39. The molecule has 118 valence electrons. The van der Waals surface area contributed by atoms with Crippen LogP contribution in [-0.2, 0) is 4.79 Å². The van der Waals surface area contributed by atoms with Crippen molar-refractivity contribution < 1.29 is 14.6 Å². The lowest BCUT2D eigenvalue weighted by molar-refractivity contribution is -0.143. The normalized spacial score (nSPS) is 19.9. The molecule has 4 nitrogen and oxygen atoms in total. The maximum Gasteiger partial charge on any atom is 0.320 e. The Labute approximate surface area is 140 Å². The van der Waals surface area contributed by atoms with Crippen molar-refractivity contribution in [1.29, 1.82) is 0 Å². The molecule has 0 aromatic heterocycles. The van der Waals surface area contributed by atoms with E-state index < -0.39 is 12.0 Å². The van der Waals surface area contributed by atoms with Gasteiger partial charge in [-0.2, -0.15) is 0 Å². The maximum absolute atomic E-state index is 11.2. The van der Waals surface area contributed by atoms with E-state index in [2.05, 4.69) is 0 Å². The second kappa shape index (κ2) is 8.08. The van der Waals surface area contributed by atoms with E-state index in [-0.39, 0.29) is 18.5 Å². The van der Waals surface area contributed by atoms with E-state index in [0.29, 0.717) is 28.8 Å². The van der Waals surface area contributed by atoms with E-state index in [1.54, 1.807) is 18.2 Å². The first kappa shape index (κ1) is 18.4. The number of nitrogens with zero attached hydrogens (tertiary/aromatic N) is 1. The first-order valence-corrected chi connectivity index (χ1v) is 7.35. The lowest BCUT2D eigenvalue weighted by atomic mass is 10.2. The molecule has 1 N–H and O–H groups in total. The summed E-state index contributed by atoms with van der Waals surface area (Å²) in [5.41, 5.74) is 0. The molecule has 2 unspecified atom stereocenters. The largest absolute Gasteiger partial charge is 0.489 e. The fourth-order valence-corrected chi connectivity index (χ4v) is 2.75. The number of aliphatic carboxylic acids is 1. The average molecular weight is 355 g/mol. The zero-order valence-electron chi connectivity index (χ0n) is 11.6. The van der Waals surface area contributed by atoms with E-state index in [1.807, 2.05) is 11.8 Å². The van der Waals surface area contributed by atoms with Crippen molar-refractivity contribution in [2.45, 2.75) is 31.9 Å². The SMILES string of the molecule is CCC(C(=O)O)N1CCC(Oc2ccc(Cl)c(Cl)c2)C1.Cl. The van der Waals surface area contributed by atoms with Gasteiger partial charge in [0.05, 0.1) is 10.0 Å². The zero-order valence-corrected chi connectivity index (χ0v) is 13.9. The molecule has 1 aromatic rings. The number of carboxylic acid groups (broad SMARTS) is 1. The van der Waals surface area contributed by atoms with Crippen molar-refractivity contribution >= 4 is 41.6 Å². The minimum Gasteiger partial charge on any atom is -0.489 e. The number of carbonyl (C=O) groups is 1. The summed E-state index contributed by atoms with van der Waals surface area (Å²) in [7, 11) is 0. The van der Waals surface area contributed by atoms with E-state index in [0.717, 1.165) is 13.0 Å². The Bertz CT molecular complexity index is 498. The Morgan fingerprint density at radius 3 is 2.76 bits per heavy atom. The highest BCUT2D eigenvalue weighted by atomic mass is 35.5. The fourth-order valence-electron chi connectivity index (χ4n) is 2.46. The van der Waals surface area contributed by atoms with E-state index >= 15 is 0 Å². The Hall–Kier alpha value is -0.680. The molecule has 7 heteroatoms. The van der Waals surface area contributed by atoms with Crippen LogP contribution in [0.1, 0.15) is 19.8 Å². The molecule has 2 rings (SSSR count). The summed E-state index contributed by atoms with van der Waals surface area (Å²) in [6, 6.07) is 4.71. The number of benzene rings is 1. The van der Waals surface area contributed by atoms with Crippen LogP contribution in [0.5, 0.6) is 5.75 Å². The van der Waals surface area contributed by atoms with Gasteiger partial charge in [0.15, 0.2) is 0 Å². The van der Waals surface area contributed by atoms with Crippen molar-refractivity contribution in [3.63, 3.8) is 0 Å². The summed E-state index contributed by atoms with van der Waals surface area (Å²) in [5, 5.41) is 10.1. The minimum atomic E-state index is -0.775. The first-order chi connectivity index (χ1) is 9.51. The zero-order chi connectivity index (χ0) is 14.7. The average Bonchev–Trinajstić information content (AvgIpc) is 2.82. The highest BCUT2D eigenvalue weighted by molar-refractivity contribution is 6.42.